The van der Waals surface area contributed by atoms with E-state index in [1.54, 1.807) is 0 Å². The number of thiophene rings is 1. The average Bonchev–Trinajstić information content (AvgIpc) is 3.44. The molecule has 3 heterocycles. The topological polar surface area (TPSA) is 40.1 Å². The van der Waals surface area contributed by atoms with Crippen molar-refractivity contribution < 1.29 is 4.74 Å². The summed E-state index contributed by atoms with van der Waals surface area (Å²) in [4.78, 5) is 11.1. The van der Waals surface area contributed by atoms with Crippen LogP contribution >= 0.6 is 35.3 Å². The highest BCUT2D eigenvalue weighted by molar-refractivity contribution is 14.0. The van der Waals surface area contributed by atoms with Crippen molar-refractivity contribution in [3.63, 3.8) is 0 Å². The van der Waals surface area contributed by atoms with Gasteiger partial charge in [0.2, 0.25) is 0 Å². The summed E-state index contributed by atoms with van der Waals surface area (Å²) in [5, 5.41) is 5.89. The Bertz CT molecular complexity index is 597. The van der Waals surface area contributed by atoms with Gasteiger partial charge >= 0.3 is 0 Å². The van der Waals surface area contributed by atoms with E-state index >= 15 is 0 Å². The second-order valence-electron chi connectivity index (χ2n) is 7.99. The number of halogens is 1. The predicted octanol–water partition coefficient (Wildman–Crippen LogP) is 3.58. The third-order valence-corrected chi connectivity index (χ3v) is 7.40. The number of ether oxygens (including phenoxy) is 1. The van der Waals surface area contributed by atoms with Gasteiger partial charge in [0.1, 0.15) is 0 Å². The molecule has 0 amide bonds. The molecule has 1 saturated carbocycles. The van der Waals surface area contributed by atoms with Crippen molar-refractivity contribution in [2.24, 2.45) is 10.4 Å². The van der Waals surface area contributed by atoms with Gasteiger partial charge in [-0.05, 0) is 36.1 Å². The first kappa shape index (κ1) is 21.3. The van der Waals surface area contributed by atoms with Crippen LogP contribution in [0.3, 0.4) is 0 Å². The van der Waals surface area contributed by atoms with Gasteiger partial charge in [-0.1, -0.05) is 18.9 Å². The quantitative estimate of drug-likeness (QED) is 0.387. The molecule has 1 aromatic heterocycles. The molecule has 1 unspecified atom stereocenters. The first-order chi connectivity index (χ1) is 12.8. The van der Waals surface area contributed by atoms with Gasteiger partial charge in [0.25, 0.3) is 0 Å². The first-order valence-corrected chi connectivity index (χ1v) is 11.0. The molecule has 3 aliphatic rings. The number of hydrogen-bond acceptors (Lipinski definition) is 4. The van der Waals surface area contributed by atoms with Gasteiger partial charge in [-0.3, -0.25) is 9.89 Å². The van der Waals surface area contributed by atoms with Gasteiger partial charge in [0, 0.05) is 44.6 Å². The second-order valence-corrected chi connectivity index (χ2v) is 8.97. The summed E-state index contributed by atoms with van der Waals surface area (Å²) in [5.74, 6) is 1.09. The number of morpholine rings is 1. The number of likely N-dealkylation sites (tertiary alicyclic amines) is 1. The lowest BCUT2D eigenvalue weighted by Gasteiger charge is -2.35. The van der Waals surface area contributed by atoms with Crippen molar-refractivity contribution in [3.8, 4) is 0 Å². The molecular weight excluding hydrogens is 471 g/mol. The van der Waals surface area contributed by atoms with Crippen molar-refractivity contribution in [2.45, 2.75) is 38.1 Å². The summed E-state index contributed by atoms with van der Waals surface area (Å²) >= 11 is 1.86. The van der Waals surface area contributed by atoms with E-state index in [2.05, 4.69) is 37.6 Å². The van der Waals surface area contributed by atoms with E-state index in [0.29, 0.717) is 11.5 Å². The Morgan fingerprint density at radius 2 is 2.04 bits per heavy atom. The van der Waals surface area contributed by atoms with Gasteiger partial charge in [-0.2, -0.15) is 0 Å². The Balaban J connectivity index is 0.00000210. The highest BCUT2D eigenvalue weighted by atomic mass is 127. The lowest BCUT2D eigenvalue weighted by molar-refractivity contribution is 0.0176. The minimum absolute atomic E-state index is 0. The Morgan fingerprint density at radius 1 is 1.26 bits per heavy atom. The van der Waals surface area contributed by atoms with E-state index in [1.165, 1.54) is 43.5 Å². The normalized spacial score (nSPS) is 24.2. The van der Waals surface area contributed by atoms with Crippen LogP contribution in [0.4, 0.5) is 0 Å². The molecule has 152 valence electrons. The molecule has 0 bridgehead atoms. The Labute approximate surface area is 184 Å². The van der Waals surface area contributed by atoms with E-state index in [0.717, 1.165) is 45.4 Å². The van der Waals surface area contributed by atoms with Crippen LogP contribution in [0.2, 0.25) is 0 Å². The molecule has 7 heteroatoms. The largest absolute Gasteiger partial charge is 0.379 e. The van der Waals surface area contributed by atoms with Crippen LogP contribution in [0.25, 0.3) is 0 Å². The molecule has 0 radical (unpaired) electrons. The lowest BCUT2D eigenvalue weighted by atomic mass is 9.86. The van der Waals surface area contributed by atoms with Crippen LogP contribution in [0.1, 0.15) is 43.0 Å². The SMILES string of the molecule is CN=C(NCC(c1cccs1)N1CCOCC1)N1CCC2(CCCC2)C1.I. The third-order valence-electron chi connectivity index (χ3n) is 6.43. The monoisotopic (exact) mass is 504 g/mol. The number of nitrogens with zero attached hydrogens (tertiary/aromatic N) is 3. The molecular formula is C20H33IN4OS. The van der Waals surface area contributed by atoms with Gasteiger partial charge in [0.15, 0.2) is 5.96 Å². The minimum atomic E-state index is 0. The summed E-state index contributed by atoms with van der Waals surface area (Å²) < 4.78 is 5.56. The standard InChI is InChI=1S/C20H32N4OS.HI/c1-21-19(24-9-8-20(16-24)6-2-3-7-20)22-15-17(18-5-4-14-26-18)23-10-12-25-13-11-23;/h4-5,14,17H,2-3,6-13,15-16H2,1H3,(H,21,22);1H. The van der Waals surface area contributed by atoms with Gasteiger partial charge < -0.3 is 15.0 Å². The van der Waals surface area contributed by atoms with E-state index in [9.17, 15) is 0 Å². The smallest absolute Gasteiger partial charge is 0.193 e. The van der Waals surface area contributed by atoms with Crippen molar-refractivity contribution >= 4 is 41.3 Å². The molecule has 1 atom stereocenters. The zero-order valence-electron chi connectivity index (χ0n) is 16.4. The average molecular weight is 504 g/mol. The van der Waals surface area contributed by atoms with Crippen LogP contribution in [0.5, 0.6) is 0 Å². The maximum atomic E-state index is 5.56. The molecule has 5 nitrogen and oxygen atoms in total. The summed E-state index contributed by atoms with van der Waals surface area (Å²) in [6.45, 7) is 6.95. The Hall–Kier alpha value is -0.380. The van der Waals surface area contributed by atoms with Crippen molar-refractivity contribution in [3.05, 3.63) is 22.4 Å². The molecule has 4 rings (SSSR count). The number of rotatable bonds is 4. The van der Waals surface area contributed by atoms with Crippen LogP contribution in [0.15, 0.2) is 22.5 Å². The van der Waals surface area contributed by atoms with E-state index < -0.39 is 0 Å². The molecule has 3 fully saturated rings. The number of nitrogens with one attached hydrogen (secondary N) is 1. The molecule has 2 aliphatic heterocycles. The van der Waals surface area contributed by atoms with Crippen molar-refractivity contribution in [1.29, 1.82) is 0 Å². The number of aliphatic imine (C=N–C) groups is 1. The van der Waals surface area contributed by atoms with Crippen LogP contribution in [0, 0.1) is 5.41 Å². The first-order valence-electron chi connectivity index (χ1n) is 10.1. The zero-order valence-corrected chi connectivity index (χ0v) is 19.5. The highest BCUT2D eigenvalue weighted by Crippen LogP contribution is 2.45. The zero-order chi connectivity index (χ0) is 17.8. The van der Waals surface area contributed by atoms with E-state index in [1.807, 2.05) is 18.4 Å². The minimum Gasteiger partial charge on any atom is -0.379 e. The molecule has 2 saturated heterocycles. The summed E-state index contributed by atoms with van der Waals surface area (Å²) in [7, 11) is 1.93. The molecule has 1 N–H and O–H groups in total. The Kier molecular flexibility index (Phi) is 7.82. The number of hydrogen-bond donors (Lipinski definition) is 1. The maximum absolute atomic E-state index is 5.56. The highest BCUT2D eigenvalue weighted by Gasteiger charge is 2.41. The molecule has 1 spiro atoms. The maximum Gasteiger partial charge on any atom is 0.193 e. The van der Waals surface area contributed by atoms with Crippen LogP contribution < -0.4 is 5.32 Å². The lowest BCUT2D eigenvalue weighted by Crippen LogP contribution is -2.47. The number of guanidine groups is 1. The predicted molar refractivity (Wildman–Crippen MR) is 123 cm³/mol. The molecule has 1 aromatic rings. The van der Waals surface area contributed by atoms with Crippen molar-refractivity contribution in [1.82, 2.24) is 15.1 Å². The summed E-state index contributed by atoms with van der Waals surface area (Å²) in [5.41, 5.74) is 0.578. The molecule has 27 heavy (non-hydrogen) atoms. The summed E-state index contributed by atoms with van der Waals surface area (Å²) in [6, 6.07) is 4.82. The fourth-order valence-electron chi connectivity index (χ4n) is 4.95. The third kappa shape index (κ3) is 4.97. The van der Waals surface area contributed by atoms with Gasteiger partial charge in [-0.25, -0.2) is 0 Å². The second kappa shape index (κ2) is 9.89. The van der Waals surface area contributed by atoms with Crippen LogP contribution in [-0.4, -0.2) is 68.7 Å². The van der Waals surface area contributed by atoms with E-state index in [4.69, 9.17) is 4.74 Å². The fourth-order valence-corrected chi connectivity index (χ4v) is 5.81. The van der Waals surface area contributed by atoms with Gasteiger partial charge in [0.05, 0.1) is 19.3 Å². The van der Waals surface area contributed by atoms with E-state index in [-0.39, 0.29) is 24.0 Å². The Morgan fingerprint density at radius 3 is 2.70 bits per heavy atom. The summed E-state index contributed by atoms with van der Waals surface area (Å²) in [6.07, 6.45) is 6.98. The molecule has 1 aliphatic carbocycles. The van der Waals surface area contributed by atoms with Gasteiger partial charge in [-0.15, -0.1) is 35.3 Å². The fraction of sp³-hybridized carbons (Fsp3) is 0.750. The van der Waals surface area contributed by atoms with Crippen molar-refractivity contribution in [2.75, 3.05) is 53.0 Å². The van der Waals surface area contributed by atoms with Crippen LogP contribution in [-0.2, 0) is 4.74 Å². The molecule has 0 aromatic carbocycles.